The second-order valence-corrected chi connectivity index (χ2v) is 5.06. The Hall–Kier alpha value is -1.47. The first-order valence-electron chi connectivity index (χ1n) is 4.91. The fourth-order valence-electron chi connectivity index (χ4n) is 1.81. The van der Waals surface area contributed by atoms with Crippen LogP contribution in [-0.4, -0.2) is 13.0 Å². The Kier molecular flexibility index (Phi) is 2.88. The highest BCUT2D eigenvalue weighted by Crippen LogP contribution is 2.28. The third kappa shape index (κ3) is 2.16. The van der Waals surface area contributed by atoms with Crippen LogP contribution in [-0.2, 0) is 10.1 Å². The molecule has 0 aliphatic carbocycles. The molecule has 2 rings (SSSR count). The minimum Gasteiger partial charge on any atom is -0.312 e. The Morgan fingerprint density at radius 3 is 2.29 bits per heavy atom. The molecule has 2 aromatic rings. The normalized spacial score (nSPS) is 12.2. The van der Waals surface area contributed by atoms with Crippen molar-refractivity contribution >= 4 is 20.9 Å². The van der Waals surface area contributed by atoms with Gasteiger partial charge >= 0.3 is 0 Å². The lowest BCUT2D eigenvalue weighted by Crippen LogP contribution is -2.22. The molecule has 5 N–H and O–H groups in total. The lowest BCUT2D eigenvalue weighted by Gasteiger charge is -2.13. The van der Waals surface area contributed by atoms with Crippen molar-refractivity contribution in [1.82, 2.24) is 0 Å². The molecule has 17 heavy (non-hydrogen) atoms. The topological polar surface area (TPSA) is 106 Å². The van der Waals surface area contributed by atoms with Crippen LogP contribution in [0.5, 0.6) is 0 Å². The van der Waals surface area contributed by atoms with Gasteiger partial charge in [-0.05, 0) is 5.39 Å². The van der Waals surface area contributed by atoms with E-state index in [1.165, 1.54) is 6.07 Å². The molecule has 0 heterocycles. The number of fused-ring (bicyclic) bond motifs is 1. The third-order valence-corrected chi connectivity index (χ3v) is 3.50. The van der Waals surface area contributed by atoms with E-state index in [-0.39, 0.29) is 10.5 Å². The zero-order chi connectivity index (χ0) is 12.6. The summed E-state index contributed by atoms with van der Waals surface area (Å²) in [6.07, 6.45) is -0.962. The summed E-state index contributed by atoms with van der Waals surface area (Å²) in [5, 5.41) is 1.11. The van der Waals surface area contributed by atoms with Gasteiger partial charge in [-0.1, -0.05) is 36.4 Å². The number of benzene rings is 2. The van der Waals surface area contributed by atoms with E-state index in [1.54, 1.807) is 30.3 Å². The van der Waals surface area contributed by atoms with Gasteiger partial charge in [-0.3, -0.25) is 4.55 Å². The van der Waals surface area contributed by atoms with Crippen LogP contribution in [0.15, 0.2) is 41.3 Å². The van der Waals surface area contributed by atoms with Crippen LogP contribution >= 0.6 is 0 Å². The van der Waals surface area contributed by atoms with Crippen molar-refractivity contribution in [3.05, 3.63) is 42.0 Å². The quantitative estimate of drug-likeness (QED) is 0.546. The van der Waals surface area contributed by atoms with E-state index in [0.29, 0.717) is 10.8 Å². The molecule has 5 nitrogen and oxygen atoms in total. The average Bonchev–Trinajstić information content (AvgIpc) is 2.26. The molecule has 6 heteroatoms. The summed E-state index contributed by atoms with van der Waals surface area (Å²) in [7, 11) is -4.37. The molecule has 0 atom stereocenters. The molecule has 0 amide bonds. The number of rotatable bonds is 2. The second-order valence-electron chi connectivity index (χ2n) is 3.71. The fourth-order valence-corrected chi connectivity index (χ4v) is 2.78. The maximum absolute atomic E-state index is 11.4. The predicted octanol–water partition coefficient (Wildman–Crippen LogP) is 1.00. The van der Waals surface area contributed by atoms with Gasteiger partial charge in [-0.15, -0.1) is 0 Å². The molecular formula is C11H12N2O3S. The lowest BCUT2D eigenvalue weighted by molar-refractivity contribution is 0.482. The SMILES string of the molecule is NC(N)c1ccc2ccccc2c1S(=O)(=O)O. The molecule has 0 fully saturated rings. The average molecular weight is 252 g/mol. The Labute approximate surface area is 98.8 Å². The fraction of sp³-hybridized carbons (Fsp3) is 0.0909. The first kappa shape index (κ1) is 12.0. The van der Waals surface area contributed by atoms with Gasteiger partial charge in [0.25, 0.3) is 10.1 Å². The van der Waals surface area contributed by atoms with Gasteiger partial charge < -0.3 is 11.5 Å². The summed E-state index contributed by atoms with van der Waals surface area (Å²) in [4.78, 5) is -0.217. The van der Waals surface area contributed by atoms with Crippen molar-refractivity contribution in [2.45, 2.75) is 11.1 Å². The van der Waals surface area contributed by atoms with E-state index in [1.807, 2.05) is 0 Å². The maximum atomic E-state index is 11.4. The Bertz CT molecular complexity index is 665. The zero-order valence-electron chi connectivity index (χ0n) is 8.87. The van der Waals surface area contributed by atoms with E-state index >= 15 is 0 Å². The van der Waals surface area contributed by atoms with Crippen LogP contribution in [0.2, 0.25) is 0 Å². The molecule has 0 unspecified atom stereocenters. The van der Waals surface area contributed by atoms with Crippen LogP contribution in [0.1, 0.15) is 11.7 Å². The summed E-state index contributed by atoms with van der Waals surface area (Å²) in [6, 6.07) is 10.0. The third-order valence-electron chi connectivity index (χ3n) is 2.53. The molecule has 0 bridgehead atoms. The second kappa shape index (κ2) is 4.08. The first-order chi connectivity index (χ1) is 7.91. The van der Waals surface area contributed by atoms with E-state index in [9.17, 15) is 13.0 Å². The van der Waals surface area contributed by atoms with E-state index in [0.717, 1.165) is 0 Å². The molecule has 0 spiro atoms. The van der Waals surface area contributed by atoms with E-state index < -0.39 is 16.3 Å². The maximum Gasteiger partial charge on any atom is 0.295 e. The molecule has 2 aromatic carbocycles. The Morgan fingerprint density at radius 1 is 1.06 bits per heavy atom. The molecule has 90 valence electrons. The van der Waals surface area contributed by atoms with Gasteiger partial charge in [0.05, 0.1) is 6.17 Å². The van der Waals surface area contributed by atoms with Gasteiger partial charge in [-0.25, -0.2) is 0 Å². The Morgan fingerprint density at radius 2 is 1.71 bits per heavy atom. The number of hydrogen-bond acceptors (Lipinski definition) is 4. The largest absolute Gasteiger partial charge is 0.312 e. The molecule has 0 saturated carbocycles. The summed E-state index contributed by atoms with van der Waals surface area (Å²) < 4.78 is 32.1. The predicted molar refractivity (Wildman–Crippen MR) is 64.9 cm³/mol. The minimum atomic E-state index is -4.37. The van der Waals surface area contributed by atoms with E-state index in [4.69, 9.17) is 11.5 Å². The van der Waals surface area contributed by atoms with Gasteiger partial charge in [0.15, 0.2) is 0 Å². The van der Waals surface area contributed by atoms with Gasteiger partial charge in [-0.2, -0.15) is 8.42 Å². The van der Waals surface area contributed by atoms with Crippen molar-refractivity contribution in [3.8, 4) is 0 Å². The molecular weight excluding hydrogens is 240 g/mol. The van der Waals surface area contributed by atoms with Crippen molar-refractivity contribution in [1.29, 1.82) is 0 Å². The molecule has 0 saturated heterocycles. The van der Waals surface area contributed by atoms with Crippen molar-refractivity contribution < 1.29 is 13.0 Å². The molecule has 0 radical (unpaired) electrons. The summed E-state index contributed by atoms with van der Waals surface area (Å²) >= 11 is 0. The summed E-state index contributed by atoms with van der Waals surface area (Å²) in [5.74, 6) is 0. The standard InChI is InChI=1S/C11H12N2O3S/c12-11(13)9-6-5-7-3-1-2-4-8(7)10(9)17(14,15)16/h1-6,11H,12-13H2,(H,14,15,16). The zero-order valence-corrected chi connectivity index (χ0v) is 9.68. The number of hydrogen-bond donors (Lipinski definition) is 3. The van der Waals surface area contributed by atoms with Crippen LogP contribution in [0, 0.1) is 0 Å². The van der Waals surface area contributed by atoms with Gasteiger partial charge in [0.1, 0.15) is 4.90 Å². The van der Waals surface area contributed by atoms with Crippen LogP contribution in [0.4, 0.5) is 0 Å². The van der Waals surface area contributed by atoms with Gasteiger partial charge in [0.2, 0.25) is 0 Å². The Balaban J connectivity index is 2.95. The summed E-state index contributed by atoms with van der Waals surface area (Å²) in [6.45, 7) is 0. The summed E-state index contributed by atoms with van der Waals surface area (Å²) in [5.41, 5.74) is 11.2. The molecule has 0 aliphatic heterocycles. The minimum absolute atomic E-state index is 0.200. The first-order valence-corrected chi connectivity index (χ1v) is 6.35. The van der Waals surface area contributed by atoms with Crippen LogP contribution in [0.3, 0.4) is 0 Å². The monoisotopic (exact) mass is 252 g/mol. The number of nitrogens with two attached hydrogens (primary N) is 2. The van der Waals surface area contributed by atoms with Gasteiger partial charge in [0, 0.05) is 10.9 Å². The highest BCUT2D eigenvalue weighted by Gasteiger charge is 2.21. The van der Waals surface area contributed by atoms with Crippen molar-refractivity contribution in [2.75, 3.05) is 0 Å². The highest BCUT2D eigenvalue weighted by atomic mass is 32.2. The lowest BCUT2D eigenvalue weighted by atomic mass is 10.1. The smallest absolute Gasteiger partial charge is 0.295 e. The molecule has 0 aliphatic rings. The molecule has 0 aromatic heterocycles. The van der Waals surface area contributed by atoms with Crippen molar-refractivity contribution in [2.24, 2.45) is 11.5 Å². The van der Waals surface area contributed by atoms with Crippen LogP contribution in [0.25, 0.3) is 10.8 Å². The van der Waals surface area contributed by atoms with Crippen LogP contribution < -0.4 is 11.5 Å². The van der Waals surface area contributed by atoms with Crippen molar-refractivity contribution in [3.63, 3.8) is 0 Å². The highest BCUT2D eigenvalue weighted by molar-refractivity contribution is 7.86. The van der Waals surface area contributed by atoms with E-state index in [2.05, 4.69) is 0 Å².